The maximum Gasteiger partial charge on any atom is 0.0684 e. The Hall–Kier alpha value is -0.160. The van der Waals surface area contributed by atoms with Crippen LogP contribution in [-0.4, -0.2) is 5.25 Å². The quantitative estimate of drug-likeness (QED) is 0.687. The van der Waals surface area contributed by atoms with Gasteiger partial charge < -0.3 is 0 Å². The zero-order valence-electron chi connectivity index (χ0n) is 8.75. The van der Waals surface area contributed by atoms with Crippen molar-refractivity contribution in [3.05, 3.63) is 0 Å². The van der Waals surface area contributed by atoms with Crippen LogP contribution in [0.2, 0.25) is 0 Å². The van der Waals surface area contributed by atoms with Gasteiger partial charge in [-0.3, -0.25) is 0 Å². The van der Waals surface area contributed by atoms with Crippen molar-refractivity contribution in [2.24, 2.45) is 17.3 Å². The SMILES string of the molecule is CC(CC1CC1S)CC(C)(C)C#N. The monoisotopic (exact) mass is 197 g/mol. The van der Waals surface area contributed by atoms with E-state index in [0.29, 0.717) is 11.2 Å². The van der Waals surface area contributed by atoms with E-state index in [1.807, 2.05) is 13.8 Å². The van der Waals surface area contributed by atoms with Gasteiger partial charge in [0.2, 0.25) is 0 Å². The number of nitrogens with zero attached hydrogens (tertiary/aromatic N) is 1. The predicted octanol–water partition coefficient (Wildman–Crippen LogP) is 3.27. The first kappa shape index (κ1) is 10.9. The van der Waals surface area contributed by atoms with Gasteiger partial charge in [-0.05, 0) is 44.9 Å². The summed E-state index contributed by atoms with van der Waals surface area (Å²) in [7, 11) is 0. The van der Waals surface area contributed by atoms with Crippen LogP contribution in [0.1, 0.15) is 40.0 Å². The van der Waals surface area contributed by atoms with Crippen molar-refractivity contribution in [2.75, 3.05) is 0 Å². The predicted molar refractivity (Wildman–Crippen MR) is 58.7 cm³/mol. The summed E-state index contributed by atoms with van der Waals surface area (Å²) >= 11 is 4.42. The molecule has 74 valence electrons. The molecule has 0 amide bonds. The van der Waals surface area contributed by atoms with Crippen LogP contribution in [0.15, 0.2) is 0 Å². The van der Waals surface area contributed by atoms with Gasteiger partial charge in [-0.15, -0.1) is 0 Å². The van der Waals surface area contributed by atoms with E-state index in [9.17, 15) is 0 Å². The molecule has 1 aliphatic rings. The van der Waals surface area contributed by atoms with Crippen LogP contribution in [-0.2, 0) is 0 Å². The third-order valence-electron chi connectivity index (χ3n) is 2.75. The van der Waals surface area contributed by atoms with Crippen LogP contribution in [0.25, 0.3) is 0 Å². The number of hydrogen-bond donors (Lipinski definition) is 1. The van der Waals surface area contributed by atoms with E-state index >= 15 is 0 Å². The first-order valence-corrected chi connectivity index (χ1v) is 5.55. The molecule has 0 aromatic rings. The van der Waals surface area contributed by atoms with Gasteiger partial charge in [-0.2, -0.15) is 17.9 Å². The Morgan fingerprint density at radius 2 is 2.15 bits per heavy atom. The number of thiol groups is 1. The molecule has 1 fully saturated rings. The maximum absolute atomic E-state index is 8.88. The van der Waals surface area contributed by atoms with Gasteiger partial charge in [0.05, 0.1) is 11.5 Å². The molecule has 1 rings (SSSR count). The van der Waals surface area contributed by atoms with E-state index < -0.39 is 0 Å². The first-order valence-electron chi connectivity index (χ1n) is 5.04. The third kappa shape index (κ3) is 3.60. The van der Waals surface area contributed by atoms with Crippen molar-refractivity contribution >= 4 is 12.6 Å². The van der Waals surface area contributed by atoms with E-state index in [0.717, 1.165) is 12.3 Å². The molecular weight excluding hydrogens is 178 g/mol. The smallest absolute Gasteiger partial charge is 0.0684 e. The lowest BCUT2D eigenvalue weighted by Gasteiger charge is -2.20. The van der Waals surface area contributed by atoms with Crippen molar-refractivity contribution in [1.29, 1.82) is 5.26 Å². The normalized spacial score (nSPS) is 29.5. The minimum Gasteiger partial charge on any atom is -0.198 e. The van der Waals surface area contributed by atoms with Gasteiger partial charge in [0.15, 0.2) is 0 Å². The Morgan fingerprint density at radius 3 is 2.54 bits per heavy atom. The molecule has 1 nitrogen and oxygen atoms in total. The summed E-state index contributed by atoms with van der Waals surface area (Å²) in [6.07, 6.45) is 3.54. The molecule has 0 spiro atoms. The van der Waals surface area contributed by atoms with E-state index in [1.54, 1.807) is 0 Å². The fraction of sp³-hybridized carbons (Fsp3) is 0.909. The van der Waals surface area contributed by atoms with Crippen LogP contribution in [0.3, 0.4) is 0 Å². The molecule has 2 heteroatoms. The van der Waals surface area contributed by atoms with Crippen LogP contribution < -0.4 is 0 Å². The number of hydrogen-bond acceptors (Lipinski definition) is 2. The highest BCUT2D eigenvalue weighted by Gasteiger charge is 2.35. The topological polar surface area (TPSA) is 23.8 Å². The van der Waals surface area contributed by atoms with Gasteiger partial charge >= 0.3 is 0 Å². The second kappa shape index (κ2) is 3.92. The van der Waals surface area contributed by atoms with Gasteiger partial charge in [-0.25, -0.2) is 0 Å². The molecule has 13 heavy (non-hydrogen) atoms. The Labute approximate surface area is 86.9 Å². The van der Waals surface area contributed by atoms with Crippen LogP contribution in [0.5, 0.6) is 0 Å². The molecule has 1 aliphatic carbocycles. The van der Waals surface area contributed by atoms with E-state index in [1.165, 1.54) is 12.8 Å². The maximum atomic E-state index is 8.88. The highest BCUT2D eigenvalue weighted by atomic mass is 32.1. The lowest BCUT2D eigenvalue weighted by molar-refractivity contribution is 0.334. The molecule has 1 saturated carbocycles. The van der Waals surface area contributed by atoms with Crippen molar-refractivity contribution in [1.82, 2.24) is 0 Å². The zero-order valence-corrected chi connectivity index (χ0v) is 9.64. The minimum absolute atomic E-state index is 0.152. The van der Waals surface area contributed by atoms with E-state index in [4.69, 9.17) is 5.26 Å². The number of rotatable bonds is 4. The fourth-order valence-electron chi connectivity index (χ4n) is 2.00. The Balaban J connectivity index is 2.25. The molecule has 0 heterocycles. The summed E-state index contributed by atoms with van der Waals surface area (Å²) in [5.74, 6) is 1.49. The van der Waals surface area contributed by atoms with E-state index in [2.05, 4.69) is 25.6 Å². The van der Waals surface area contributed by atoms with Gasteiger partial charge in [0, 0.05) is 5.25 Å². The van der Waals surface area contributed by atoms with Crippen molar-refractivity contribution in [2.45, 2.75) is 45.3 Å². The average Bonchev–Trinajstić information content (AvgIpc) is 2.65. The van der Waals surface area contributed by atoms with Crippen molar-refractivity contribution < 1.29 is 0 Å². The molecule has 3 atom stereocenters. The highest BCUT2D eigenvalue weighted by Crippen LogP contribution is 2.42. The van der Waals surface area contributed by atoms with Gasteiger partial charge in [-0.1, -0.05) is 6.92 Å². The minimum atomic E-state index is -0.152. The summed E-state index contributed by atoms with van der Waals surface area (Å²) in [5.41, 5.74) is -0.152. The molecular formula is C11H19NS. The van der Waals surface area contributed by atoms with Crippen LogP contribution in [0, 0.1) is 28.6 Å². The average molecular weight is 197 g/mol. The largest absolute Gasteiger partial charge is 0.198 e. The second-order valence-electron chi connectivity index (χ2n) is 5.10. The fourth-order valence-corrected chi connectivity index (χ4v) is 2.39. The second-order valence-corrected chi connectivity index (χ2v) is 5.77. The molecule has 0 saturated heterocycles. The summed E-state index contributed by atoms with van der Waals surface area (Å²) in [6.45, 7) is 6.29. The lowest BCUT2D eigenvalue weighted by Crippen LogP contribution is -2.13. The van der Waals surface area contributed by atoms with Crippen LogP contribution >= 0.6 is 12.6 Å². The summed E-state index contributed by atoms with van der Waals surface area (Å²) < 4.78 is 0. The van der Waals surface area contributed by atoms with E-state index in [-0.39, 0.29) is 5.41 Å². The summed E-state index contributed by atoms with van der Waals surface area (Å²) in [6, 6.07) is 2.36. The summed E-state index contributed by atoms with van der Waals surface area (Å²) in [5, 5.41) is 9.53. The molecule has 0 aromatic carbocycles. The molecule has 3 unspecified atom stereocenters. The standard InChI is InChI=1S/C11H19NS/c1-8(4-9-5-10(9)13)6-11(2,3)7-12/h8-10,13H,4-6H2,1-3H3. The first-order chi connectivity index (χ1) is 5.94. The Bertz CT molecular complexity index is 217. The molecule has 0 bridgehead atoms. The number of nitriles is 1. The zero-order chi connectivity index (χ0) is 10.1. The van der Waals surface area contributed by atoms with Crippen molar-refractivity contribution in [3.8, 4) is 6.07 Å². The molecule has 0 aromatic heterocycles. The molecule has 0 radical (unpaired) electrons. The van der Waals surface area contributed by atoms with Gasteiger partial charge in [0.25, 0.3) is 0 Å². The molecule has 0 N–H and O–H groups in total. The Morgan fingerprint density at radius 1 is 1.62 bits per heavy atom. The summed E-state index contributed by atoms with van der Waals surface area (Å²) in [4.78, 5) is 0. The van der Waals surface area contributed by atoms with Gasteiger partial charge in [0.1, 0.15) is 0 Å². The third-order valence-corrected chi connectivity index (χ3v) is 3.38. The highest BCUT2D eigenvalue weighted by molar-refractivity contribution is 7.81. The molecule has 0 aliphatic heterocycles. The van der Waals surface area contributed by atoms with Crippen LogP contribution in [0.4, 0.5) is 0 Å². The van der Waals surface area contributed by atoms with Crippen molar-refractivity contribution in [3.63, 3.8) is 0 Å². The Kier molecular flexibility index (Phi) is 3.29. The lowest BCUT2D eigenvalue weighted by atomic mass is 9.83.